The number of ether oxygens (including phenoxy) is 2. The molecule has 0 amide bonds. The normalized spacial score (nSPS) is 30.5. The van der Waals surface area contributed by atoms with Crippen LogP contribution < -0.4 is 16.0 Å². The largest absolute Gasteiger partial charge is 0.490 e. The van der Waals surface area contributed by atoms with E-state index < -0.39 is 42.5 Å². The maximum Gasteiger partial charge on any atom is 0.330 e. The first-order chi connectivity index (χ1) is 8.99. The number of aromatic nitrogens is 2. The number of aliphatic hydroxyl groups is 2. The molecule has 1 aliphatic rings. The fraction of sp³-hybridized carbons (Fsp3) is 0.600. The van der Waals surface area contributed by atoms with E-state index in [4.69, 9.17) is 14.6 Å². The van der Waals surface area contributed by atoms with Crippen molar-refractivity contribution in [3.05, 3.63) is 27.0 Å². The van der Waals surface area contributed by atoms with Gasteiger partial charge >= 0.3 is 5.69 Å². The lowest BCUT2D eigenvalue weighted by atomic mass is 10.1. The summed E-state index contributed by atoms with van der Waals surface area (Å²) in [5.41, 5.74) is -1.62. The number of alkyl halides is 1. The SMILES string of the molecule is COc1cn([C@@H]2O[C@H](CO)C(F)[C@@H]2O)c(=O)[nH]c1=O. The summed E-state index contributed by atoms with van der Waals surface area (Å²) in [4.78, 5) is 24.9. The van der Waals surface area contributed by atoms with Crippen LogP contribution in [0.25, 0.3) is 0 Å². The predicted octanol–water partition coefficient (Wildman–Crippen LogP) is -1.87. The number of halogens is 1. The average Bonchev–Trinajstić information content (AvgIpc) is 2.67. The standard InChI is InChI=1S/C10H13FN2O6/c1-18-4-2-13(10(17)12-8(4)16)9-7(15)6(11)5(3-14)19-9/h2,5-7,9,14-15H,3H2,1H3,(H,12,16,17)/t5-,6?,7+,9-/m1/s1. The van der Waals surface area contributed by atoms with Gasteiger partial charge in [-0.05, 0) is 0 Å². The van der Waals surface area contributed by atoms with Crippen molar-refractivity contribution in [1.29, 1.82) is 0 Å². The molecule has 0 aliphatic carbocycles. The number of methoxy groups -OCH3 is 1. The molecular formula is C10H13FN2O6. The Morgan fingerprint density at radius 3 is 2.79 bits per heavy atom. The highest BCUT2D eigenvalue weighted by atomic mass is 19.1. The first-order valence-electron chi connectivity index (χ1n) is 5.47. The van der Waals surface area contributed by atoms with Crippen molar-refractivity contribution in [2.24, 2.45) is 0 Å². The van der Waals surface area contributed by atoms with Gasteiger partial charge in [0.05, 0.1) is 19.9 Å². The van der Waals surface area contributed by atoms with E-state index in [2.05, 4.69) is 0 Å². The maximum absolute atomic E-state index is 13.6. The monoisotopic (exact) mass is 276 g/mol. The van der Waals surface area contributed by atoms with Crippen LogP contribution in [0.2, 0.25) is 0 Å². The fourth-order valence-corrected chi connectivity index (χ4v) is 1.89. The summed E-state index contributed by atoms with van der Waals surface area (Å²) in [6, 6.07) is 0. The Bertz CT molecular complexity index is 570. The summed E-state index contributed by atoms with van der Waals surface area (Å²) in [6.07, 6.45) is -5.03. The lowest BCUT2D eigenvalue weighted by Crippen LogP contribution is -2.37. The second-order valence-electron chi connectivity index (χ2n) is 4.05. The van der Waals surface area contributed by atoms with E-state index in [0.29, 0.717) is 0 Å². The van der Waals surface area contributed by atoms with E-state index in [1.165, 1.54) is 7.11 Å². The molecule has 0 bridgehead atoms. The molecule has 19 heavy (non-hydrogen) atoms. The minimum absolute atomic E-state index is 0.182. The summed E-state index contributed by atoms with van der Waals surface area (Å²) in [5.74, 6) is -0.182. The maximum atomic E-state index is 13.6. The van der Waals surface area contributed by atoms with Gasteiger partial charge in [-0.15, -0.1) is 0 Å². The molecule has 1 aliphatic heterocycles. The van der Waals surface area contributed by atoms with Crippen molar-refractivity contribution in [3.63, 3.8) is 0 Å². The highest BCUT2D eigenvalue weighted by molar-refractivity contribution is 5.12. The average molecular weight is 276 g/mol. The van der Waals surface area contributed by atoms with Crippen LogP contribution >= 0.6 is 0 Å². The molecule has 0 saturated carbocycles. The number of nitrogens with one attached hydrogen (secondary N) is 1. The van der Waals surface area contributed by atoms with E-state index in [0.717, 1.165) is 10.8 Å². The molecule has 1 unspecified atom stereocenters. The number of rotatable bonds is 3. The number of hydrogen-bond acceptors (Lipinski definition) is 6. The third-order valence-electron chi connectivity index (χ3n) is 2.90. The zero-order valence-corrected chi connectivity index (χ0v) is 9.95. The number of H-pyrrole nitrogens is 1. The van der Waals surface area contributed by atoms with Crippen LogP contribution in [0.1, 0.15) is 6.23 Å². The Labute approximate surface area is 106 Å². The van der Waals surface area contributed by atoms with Crippen molar-refractivity contribution in [2.45, 2.75) is 24.6 Å². The van der Waals surface area contributed by atoms with Crippen LogP contribution in [-0.4, -0.2) is 51.9 Å². The predicted molar refractivity (Wildman–Crippen MR) is 59.8 cm³/mol. The van der Waals surface area contributed by atoms with Crippen molar-refractivity contribution in [3.8, 4) is 5.75 Å². The highest BCUT2D eigenvalue weighted by Gasteiger charge is 2.45. The van der Waals surface area contributed by atoms with Crippen molar-refractivity contribution >= 4 is 0 Å². The summed E-state index contributed by atoms with van der Waals surface area (Å²) in [7, 11) is 1.22. The topological polar surface area (TPSA) is 114 Å². The second-order valence-corrected chi connectivity index (χ2v) is 4.05. The minimum Gasteiger partial charge on any atom is -0.490 e. The molecular weight excluding hydrogens is 263 g/mol. The van der Waals surface area contributed by atoms with Gasteiger partial charge in [-0.3, -0.25) is 14.3 Å². The molecule has 1 aromatic heterocycles. The number of aromatic amines is 1. The molecule has 4 atom stereocenters. The summed E-state index contributed by atoms with van der Waals surface area (Å²) < 4.78 is 24.2. The zero-order valence-electron chi connectivity index (χ0n) is 9.95. The fourth-order valence-electron chi connectivity index (χ4n) is 1.89. The molecule has 0 aromatic carbocycles. The molecule has 2 rings (SSSR count). The molecule has 9 heteroatoms. The van der Waals surface area contributed by atoms with Gasteiger partial charge in [-0.2, -0.15) is 0 Å². The van der Waals surface area contributed by atoms with Gasteiger partial charge in [0.1, 0.15) is 12.2 Å². The van der Waals surface area contributed by atoms with Crippen molar-refractivity contribution in [2.75, 3.05) is 13.7 Å². The smallest absolute Gasteiger partial charge is 0.330 e. The highest BCUT2D eigenvalue weighted by Crippen LogP contribution is 2.30. The van der Waals surface area contributed by atoms with Gasteiger partial charge in [-0.1, -0.05) is 0 Å². The Morgan fingerprint density at radius 2 is 2.26 bits per heavy atom. The first kappa shape index (κ1) is 13.7. The third-order valence-corrected chi connectivity index (χ3v) is 2.90. The van der Waals surface area contributed by atoms with Crippen molar-refractivity contribution in [1.82, 2.24) is 9.55 Å². The van der Waals surface area contributed by atoms with Crippen LogP contribution in [-0.2, 0) is 4.74 Å². The van der Waals surface area contributed by atoms with Gasteiger partial charge in [-0.25, -0.2) is 9.18 Å². The quantitative estimate of drug-likeness (QED) is 0.596. The van der Waals surface area contributed by atoms with E-state index in [9.17, 15) is 19.1 Å². The summed E-state index contributed by atoms with van der Waals surface area (Å²) in [6.45, 7) is -0.635. The van der Waals surface area contributed by atoms with Crippen LogP contribution in [0.3, 0.4) is 0 Å². The lowest BCUT2D eigenvalue weighted by Gasteiger charge is -2.17. The van der Waals surface area contributed by atoms with E-state index in [1.807, 2.05) is 4.98 Å². The third kappa shape index (κ3) is 2.27. The van der Waals surface area contributed by atoms with Crippen LogP contribution in [0, 0.1) is 0 Å². The van der Waals surface area contributed by atoms with Crippen molar-refractivity contribution < 1.29 is 24.1 Å². The van der Waals surface area contributed by atoms with Crippen LogP contribution in [0.4, 0.5) is 4.39 Å². The molecule has 106 valence electrons. The van der Waals surface area contributed by atoms with Gasteiger partial charge in [0.15, 0.2) is 12.4 Å². The van der Waals surface area contributed by atoms with Gasteiger partial charge in [0.25, 0.3) is 5.56 Å². The van der Waals surface area contributed by atoms with E-state index in [1.54, 1.807) is 0 Å². The molecule has 1 aromatic rings. The van der Waals surface area contributed by atoms with E-state index >= 15 is 0 Å². The lowest BCUT2D eigenvalue weighted by molar-refractivity contribution is -0.0540. The van der Waals surface area contributed by atoms with Gasteiger partial charge < -0.3 is 19.7 Å². The molecule has 3 N–H and O–H groups in total. The first-order valence-corrected chi connectivity index (χ1v) is 5.47. The second kappa shape index (κ2) is 5.11. The van der Waals surface area contributed by atoms with Gasteiger partial charge in [0.2, 0.25) is 5.75 Å². The van der Waals surface area contributed by atoms with Crippen LogP contribution in [0.15, 0.2) is 15.8 Å². The Balaban J connectivity index is 2.43. The number of hydrogen-bond donors (Lipinski definition) is 3. The molecule has 1 fully saturated rings. The summed E-state index contributed by atoms with van der Waals surface area (Å²) >= 11 is 0. The Kier molecular flexibility index (Phi) is 3.69. The number of aliphatic hydroxyl groups excluding tert-OH is 2. The summed E-state index contributed by atoms with van der Waals surface area (Å²) in [5, 5.41) is 18.6. The molecule has 1 saturated heterocycles. The number of nitrogens with zero attached hydrogens (tertiary/aromatic N) is 1. The molecule has 8 nitrogen and oxygen atoms in total. The minimum atomic E-state index is -1.83. The molecule has 2 heterocycles. The molecule has 0 radical (unpaired) electrons. The van der Waals surface area contributed by atoms with Gasteiger partial charge in [0, 0.05) is 0 Å². The van der Waals surface area contributed by atoms with Crippen LogP contribution in [0.5, 0.6) is 5.75 Å². The molecule has 0 spiro atoms. The Morgan fingerprint density at radius 1 is 1.58 bits per heavy atom. The van der Waals surface area contributed by atoms with E-state index in [-0.39, 0.29) is 5.75 Å². The Hall–Kier alpha value is -1.71. The zero-order chi connectivity index (χ0) is 14.2.